The molecule has 0 bridgehead atoms. The Labute approximate surface area is 158 Å². The third-order valence-electron chi connectivity index (χ3n) is 4.03. The highest BCUT2D eigenvalue weighted by Crippen LogP contribution is 2.27. The number of benzene rings is 1. The van der Waals surface area contributed by atoms with Gasteiger partial charge in [0.15, 0.2) is 17.0 Å². The second-order valence-corrected chi connectivity index (χ2v) is 6.61. The lowest BCUT2D eigenvalue weighted by Gasteiger charge is -2.22. The standard InChI is InChI=1S/C19H23ClN6/c1-4-10-26(11-5-2)19-24-17-16(21-8-9-22-17)18(25-19)23-15-7-6-14(20)12-13(15)3/h6-9,12H,4-5,10-11H2,1-3H3,(H,22,23,24,25). The first-order valence-corrected chi connectivity index (χ1v) is 9.27. The highest BCUT2D eigenvalue weighted by Gasteiger charge is 2.15. The Balaban J connectivity index is 2.07. The molecule has 26 heavy (non-hydrogen) atoms. The molecule has 0 radical (unpaired) electrons. The van der Waals surface area contributed by atoms with Gasteiger partial charge in [-0.1, -0.05) is 25.4 Å². The molecule has 0 saturated heterocycles. The van der Waals surface area contributed by atoms with Crippen LogP contribution in [0.2, 0.25) is 5.02 Å². The lowest BCUT2D eigenvalue weighted by molar-refractivity contribution is 0.723. The van der Waals surface area contributed by atoms with E-state index in [-0.39, 0.29) is 0 Å². The van der Waals surface area contributed by atoms with Gasteiger partial charge in [-0.3, -0.25) is 0 Å². The van der Waals surface area contributed by atoms with Gasteiger partial charge < -0.3 is 10.2 Å². The zero-order chi connectivity index (χ0) is 18.5. The van der Waals surface area contributed by atoms with Crippen LogP contribution in [0.4, 0.5) is 17.5 Å². The number of halogens is 1. The Kier molecular flexibility index (Phi) is 5.83. The van der Waals surface area contributed by atoms with E-state index in [9.17, 15) is 0 Å². The van der Waals surface area contributed by atoms with Crippen LogP contribution in [0.15, 0.2) is 30.6 Å². The van der Waals surface area contributed by atoms with Crippen molar-refractivity contribution < 1.29 is 0 Å². The first-order valence-electron chi connectivity index (χ1n) is 8.89. The quantitative estimate of drug-likeness (QED) is 0.647. The molecule has 0 aliphatic heterocycles. The van der Waals surface area contributed by atoms with Crippen LogP contribution in [0.3, 0.4) is 0 Å². The lowest BCUT2D eigenvalue weighted by atomic mass is 10.2. The number of aromatic nitrogens is 4. The van der Waals surface area contributed by atoms with Gasteiger partial charge in [-0.15, -0.1) is 0 Å². The van der Waals surface area contributed by atoms with Gasteiger partial charge in [-0.05, 0) is 43.5 Å². The minimum Gasteiger partial charge on any atom is -0.341 e. The van der Waals surface area contributed by atoms with Crippen molar-refractivity contribution in [2.45, 2.75) is 33.6 Å². The molecule has 7 heteroatoms. The van der Waals surface area contributed by atoms with E-state index >= 15 is 0 Å². The summed E-state index contributed by atoms with van der Waals surface area (Å²) in [6.45, 7) is 8.11. The highest BCUT2D eigenvalue weighted by atomic mass is 35.5. The number of fused-ring (bicyclic) bond motifs is 1. The second-order valence-electron chi connectivity index (χ2n) is 6.17. The molecule has 0 fully saturated rings. The summed E-state index contributed by atoms with van der Waals surface area (Å²) < 4.78 is 0. The number of hydrogen-bond donors (Lipinski definition) is 1. The molecule has 0 amide bonds. The van der Waals surface area contributed by atoms with Gasteiger partial charge in [0.25, 0.3) is 0 Å². The van der Waals surface area contributed by atoms with Gasteiger partial charge >= 0.3 is 0 Å². The van der Waals surface area contributed by atoms with Gasteiger partial charge in [0, 0.05) is 36.2 Å². The second kappa shape index (κ2) is 8.27. The fraction of sp³-hybridized carbons (Fsp3) is 0.368. The maximum atomic E-state index is 6.07. The Morgan fingerprint density at radius 3 is 2.46 bits per heavy atom. The molecular weight excluding hydrogens is 348 g/mol. The zero-order valence-electron chi connectivity index (χ0n) is 15.3. The third-order valence-corrected chi connectivity index (χ3v) is 4.27. The molecule has 2 aromatic heterocycles. The van der Waals surface area contributed by atoms with Crippen molar-refractivity contribution in [1.29, 1.82) is 0 Å². The van der Waals surface area contributed by atoms with Crippen LogP contribution in [-0.2, 0) is 0 Å². The molecule has 1 N–H and O–H groups in total. The molecule has 3 rings (SSSR count). The van der Waals surface area contributed by atoms with E-state index in [1.165, 1.54) is 0 Å². The summed E-state index contributed by atoms with van der Waals surface area (Å²) in [5, 5.41) is 4.09. The number of nitrogens with zero attached hydrogens (tertiary/aromatic N) is 5. The lowest BCUT2D eigenvalue weighted by Crippen LogP contribution is -2.27. The van der Waals surface area contributed by atoms with Crippen LogP contribution in [0.5, 0.6) is 0 Å². The Hall–Kier alpha value is -2.47. The van der Waals surface area contributed by atoms with Crippen molar-refractivity contribution in [3.8, 4) is 0 Å². The summed E-state index contributed by atoms with van der Waals surface area (Å²) >= 11 is 6.07. The summed E-state index contributed by atoms with van der Waals surface area (Å²) in [5.41, 5.74) is 3.21. The van der Waals surface area contributed by atoms with Crippen LogP contribution in [-0.4, -0.2) is 33.0 Å². The Morgan fingerprint density at radius 1 is 1.04 bits per heavy atom. The molecule has 0 aliphatic carbocycles. The molecule has 1 aromatic carbocycles. The van der Waals surface area contributed by atoms with Crippen molar-refractivity contribution in [3.63, 3.8) is 0 Å². The van der Waals surface area contributed by atoms with E-state index < -0.39 is 0 Å². The normalized spacial score (nSPS) is 10.9. The highest BCUT2D eigenvalue weighted by molar-refractivity contribution is 6.30. The van der Waals surface area contributed by atoms with Gasteiger partial charge in [0.1, 0.15) is 0 Å². The summed E-state index contributed by atoms with van der Waals surface area (Å²) in [6.07, 6.45) is 5.36. The van der Waals surface area contributed by atoms with E-state index in [2.05, 4.69) is 39.0 Å². The number of hydrogen-bond acceptors (Lipinski definition) is 6. The number of nitrogens with one attached hydrogen (secondary N) is 1. The fourth-order valence-electron chi connectivity index (χ4n) is 2.83. The van der Waals surface area contributed by atoms with Crippen LogP contribution in [0.1, 0.15) is 32.3 Å². The topological polar surface area (TPSA) is 66.8 Å². The van der Waals surface area contributed by atoms with Crippen LogP contribution in [0, 0.1) is 6.92 Å². The zero-order valence-corrected chi connectivity index (χ0v) is 16.1. The first kappa shape index (κ1) is 18.3. The maximum absolute atomic E-state index is 6.07. The van der Waals surface area contributed by atoms with E-state index in [1.807, 2.05) is 25.1 Å². The van der Waals surface area contributed by atoms with Crippen molar-refractivity contribution in [2.24, 2.45) is 0 Å². The average Bonchev–Trinajstić information content (AvgIpc) is 2.63. The third kappa shape index (κ3) is 4.02. The molecule has 0 saturated carbocycles. The van der Waals surface area contributed by atoms with Crippen molar-refractivity contribution in [1.82, 2.24) is 19.9 Å². The van der Waals surface area contributed by atoms with Crippen molar-refractivity contribution in [3.05, 3.63) is 41.2 Å². The molecule has 136 valence electrons. The molecular formula is C19H23ClN6. The van der Waals surface area contributed by atoms with Crippen LogP contribution >= 0.6 is 11.6 Å². The van der Waals surface area contributed by atoms with E-state index in [0.717, 1.165) is 37.2 Å². The average molecular weight is 371 g/mol. The fourth-order valence-corrected chi connectivity index (χ4v) is 3.05. The van der Waals surface area contributed by atoms with E-state index in [4.69, 9.17) is 16.6 Å². The van der Waals surface area contributed by atoms with Gasteiger partial charge in [-0.2, -0.15) is 9.97 Å². The molecule has 3 aromatic rings. The largest absolute Gasteiger partial charge is 0.341 e. The van der Waals surface area contributed by atoms with Gasteiger partial charge in [-0.25, -0.2) is 9.97 Å². The summed E-state index contributed by atoms with van der Waals surface area (Å²) in [6, 6.07) is 5.71. The van der Waals surface area contributed by atoms with E-state index in [0.29, 0.717) is 28.0 Å². The molecule has 6 nitrogen and oxygen atoms in total. The minimum absolute atomic E-state index is 0.587. The number of aryl methyl sites for hydroxylation is 1. The van der Waals surface area contributed by atoms with Gasteiger partial charge in [0.05, 0.1) is 0 Å². The monoisotopic (exact) mass is 370 g/mol. The summed E-state index contributed by atoms with van der Waals surface area (Å²) in [4.78, 5) is 20.4. The van der Waals surface area contributed by atoms with E-state index in [1.54, 1.807) is 12.4 Å². The maximum Gasteiger partial charge on any atom is 0.229 e. The smallest absolute Gasteiger partial charge is 0.229 e. The minimum atomic E-state index is 0.587. The molecule has 0 spiro atoms. The number of rotatable bonds is 7. The Bertz CT molecular complexity index is 892. The molecule has 0 aliphatic rings. The van der Waals surface area contributed by atoms with Crippen LogP contribution < -0.4 is 10.2 Å². The summed E-state index contributed by atoms with van der Waals surface area (Å²) in [5.74, 6) is 1.33. The number of anilines is 3. The summed E-state index contributed by atoms with van der Waals surface area (Å²) in [7, 11) is 0. The Morgan fingerprint density at radius 2 is 1.77 bits per heavy atom. The predicted molar refractivity (Wildman–Crippen MR) is 107 cm³/mol. The SMILES string of the molecule is CCCN(CCC)c1nc(Nc2ccc(Cl)cc2C)c2nccnc2n1. The van der Waals surface area contributed by atoms with Crippen molar-refractivity contribution >= 4 is 40.2 Å². The van der Waals surface area contributed by atoms with Crippen molar-refractivity contribution in [2.75, 3.05) is 23.3 Å². The predicted octanol–water partition coefficient (Wildman–Crippen LogP) is 4.75. The first-order chi connectivity index (χ1) is 12.6. The van der Waals surface area contributed by atoms with Gasteiger partial charge in [0.2, 0.25) is 5.95 Å². The van der Waals surface area contributed by atoms with Crippen LogP contribution in [0.25, 0.3) is 11.2 Å². The molecule has 0 unspecified atom stereocenters. The molecule has 0 atom stereocenters. The molecule has 2 heterocycles.